The van der Waals surface area contributed by atoms with Crippen LogP contribution in [0.2, 0.25) is 10.0 Å². The molecule has 0 fully saturated rings. The van der Waals surface area contributed by atoms with Crippen molar-refractivity contribution in [3.63, 3.8) is 0 Å². The van der Waals surface area contributed by atoms with Crippen molar-refractivity contribution < 1.29 is 14.3 Å². The highest BCUT2D eigenvalue weighted by Gasteiger charge is 2.11. The Morgan fingerprint density at radius 2 is 1.88 bits per heavy atom. The molecule has 3 rings (SSSR count). The van der Waals surface area contributed by atoms with Crippen molar-refractivity contribution >= 4 is 46.1 Å². The Kier molecular flexibility index (Phi) is 6.04. The second-order valence-electron chi connectivity index (χ2n) is 5.34. The number of nitrogens with one attached hydrogen (secondary N) is 1. The highest BCUT2D eigenvalue weighted by atomic mass is 35.5. The summed E-state index contributed by atoms with van der Waals surface area (Å²) < 4.78 is 10.8. The molecule has 1 aromatic heterocycles. The number of anilines is 1. The summed E-state index contributed by atoms with van der Waals surface area (Å²) in [6.07, 6.45) is 0. The number of ether oxygens (including phenoxy) is 2. The number of hydrogen-bond donors (Lipinski definition) is 1. The molecule has 0 saturated heterocycles. The molecule has 1 N–H and O–H groups in total. The third-order valence-electron chi connectivity index (χ3n) is 3.52. The number of amides is 1. The van der Waals surface area contributed by atoms with Gasteiger partial charge in [0.25, 0.3) is 5.91 Å². The smallest absolute Gasteiger partial charge is 0.265 e. The molecule has 0 saturated carbocycles. The van der Waals surface area contributed by atoms with E-state index in [-0.39, 0.29) is 5.91 Å². The zero-order chi connectivity index (χ0) is 18.5. The second kappa shape index (κ2) is 8.45. The van der Waals surface area contributed by atoms with Crippen molar-refractivity contribution in [1.82, 2.24) is 0 Å². The van der Waals surface area contributed by atoms with Crippen molar-refractivity contribution in [3.8, 4) is 11.5 Å². The van der Waals surface area contributed by atoms with E-state index in [2.05, 4.69) is 5.32 Å². The van der Waals surface area contributed by atoms with Gasteiger partial charge in [-0.25, -0.2) is 0 Å². The van der Waals surface area contributed by atoms with Crippen LogP contribution in [-0.4, -0.2) is 13.0 Å². The molecule has 0 radical (unpaired) electrons. The van der Waals surface area contributed by atoms with Gasteiger partial charge in [-0.2, -0.15) is 0 Å². The van der Waals surface area contributed by atoms with Crippen molar-refractivity contribution in [2.75, 3.05) is 12.4 Å². The molecule has 4 nitrogen and oxygen atoms in total. The average molecular weight is 408 g/mol. The number of methoxy groups -OCH3 is 1. The van der Waals surface area contributed by atoms with E-state index >= 15 is 0 Å². The lowest BCUT2D eigenvalue weighted by atomic mass is 10.2. The maximum Gasteiger partial charge on any atom is 0.265 e. The van der Waals surface area contributed by atoms with Crippen LogP contribution in [0.15, 0.2) is 53.9 Å². The molecular weight excluding hydrogens is 393 g/mol. The third kappa shape index (κ3) is 4.49. The standard InChI is InChI=1S/C19H15Cl2NO3S/c1-24-16-7-6-13(9-15(16)21)22-19(23)18-8-12(11-26-18)10-25-17-5-3-2-4-14(17)20/h2-9,11H,10H2,1H3,(H,22,23). The van der Waals surface area contributed by atoms with Crippen LogP contribution < -0.4 is 14.8 Å². The van der Waals surface area contributed by atoms with Crippen LogP contribution >= 0.6 is 34.5 Å². The lowest BCUT2D eigenvalue weighted by Crippen LogP contribution is -2.10. The number of halogens is 2. The Labute approximate surface area is 165 Å². The molecule has 0 aliphatic rings. The van der Waals surface area contributed by atoms with Crippen molar-refractivity contribution in [1.29, 1.82) is 0 Å². The molecule has 1 heterocycles. The SMILES string of the molecule is COc1ccc(NC(=O)c2cc(COc3ccccc3Cl)cs2)cc1Cl. The van der Waals surface area contributed by atoms with Gasteiger partial charge in [-0.3, -0.25) is 4.79 Å². The highest BCUT2D eigenvalue weighted by molar-refractivity contribution is 7.12. The van der Waals surface area contributed by atoms with E-state index < -0.39 is 0 Å². The summed E-state index contributed by atoms with van der Waals surface area (Å²) in [5.74, 6) is 0.958. The number of carbonyl (C=O) groups excluding carboxylic acids is 1. The van der Waals surface area contributed by atoms with E-state index in [4.69, 9.17) is 32.7 Å². The van der Waals surface area contributed by atoms with Gasteiger partial charge in [0.2, 0.25) is 0 Å². The Bertz CT molecular complexity index is 927. The summed E-state index contributed by atoms with van der Waals surface area (Å²) in [6, 6.07) is 14.1. The Morgan fingerprint density at radius 1 is 1.08 bits per heavy atom. The maximum atomic E-state index is 12.4. The van der Waals surface area contributed by atoms with Gasteiger partial charge >= 0.3 is 0 Å². The minimum absolute atomic E-state index is 0.208. The Hall–Kier alpha value is -2.21. The number of thiophene rings is 1. The van der Waals surface area contributed by atoms with E-state index in [0.717, 1.165) is 5.56 Å². The van der Waals surface area contributed by atoms with Crippen molar-refractivity contribution in [2.45, 2.75) is 6.61 Å². The van der Waals surface area contributed by atoms with Crippen molar-refractivity contribution in [2.24, 2.45) is 0 Å². The van der Waals surface area contributed by atoms with Crippen LogP contribution in [0.3, 0.4) is 0 Å². The summed E-state index contributed by atoms with van der Waals surface area (Å²) in [4.78, 5) is 13.0. The van der Waals surface area contributed by atoms with Crippen LogP contribution in [0.4, 0.5) is 5.69 Å². The molecule has 0 aliphatic carbocycles. The van der Waals surface area contributed by atoms with E-state index in [0.29, 0.717) is 38.7 Å². The van der Waals surface area contributed by atoms with E-state index in [9.17, 15) is 4.79 Å². The largest absolute Gasteiger partial charge is 0.495 e. The first-order valence-corrected chi connectivity index (χ1v) is 9.30. The van der Waals surface area contributed by atoms with E-state index in [1.54, 1.807) is 36.4 Å². The maximum absolute atomic E-state index is 12.4. The molecule has 0 atom stereocenters. The topological polar surface area (TPSA) is 47.6 Å². The summed E-state index contributed by atoms with van der Waals surface area (Å²) in [6.45, 7) is 0.335. The molecule has 2 aromatic carbocycles. The molecule has 134 valence electrons. The van der Waals surface area contributed by atoms with Crippen LogP contribution in [0, 0.1) is 0 Å². The monoisotopic (exact) mass is 407 g/mol. The van der Waals surface area contributed by atoms with Crippen LogP contribution in [0.1, 0.15) is 15.2 Å². The number of rotatable bonds is 6. The molecule has 26 heavy (non-hydrogen) atoms. The fraction of sp³-hybridized carbons (Fsp3) is 0.105. The first kappa shape index (κ1) is 18.6. The van der Waals surface area contributed by atoms with Crippen LogP contribution in [0.25, 0.3) is 0 Å². The molecule has 1 amide bonds. The molecular formula is C19H15Cl2NO3S. The molecule has 0 aliphatic heterocycles. The van der Waals surface area contributed by atoms with Crippen molar-refractivity contribution in [3.05, 3.63) is 74.4 Å². The fourth-order valence-electron chi connectivity index (χ4n) is 2.23. The number of carbonyl (C=O) groups is 1. The predicted octanol–water partition coefficient (Wildman–Crippen LogP) is 5.89. The lowest BCUT2D eigenvalue weighted by molar-refractivity contribution is 0.103. The van der Waals surface area contributed by atoms with Gasteiger partial charge in [-0.15, -0.1) is 11.3 Å². The normalized spacial score (nSPS) is 10.4. The van der Waals surface area contributed by atoms with Gasteiger partial charge in [0.15, 0.2) is 0 Å². The minimum atomic E-state index is -0.208. The predicted molar refractivity (Wildman–Crippen MR) is 106 cm³/mol. The fourth-order valence-corrected chi connectivity index (χ4v) is 3.47. The van der Waals surface area contributed by atoms with Gasteiger partial charge in [0.1, 0.15) is 18.1 Å². The lowest BCUT2D eigenvalue weighted by Gasteiger charge is -2.07. The Morgan fingerprint density at radius 3 is 2.62 bits per heavy atom. The van der Waals surface area contributed by atoms with Gasteiger partial charge in [0.05, 0.1) is 22.0 Å². The minimum Gasteiger partial charge on any atom is -0.495 e. The Balaban J connectivity index is 1.62. The highest BCUT2D eigenvalue weighted by Crippen LogP contribution is 2.28. The first-order chi connectivity index (χ1) is 12.6. The van der Waals surface area contributed by atoms with Gasteiger partial charge in [-0.05, 0) is 41.8 Å². The number of benzene rings is 2. The van der Waals surface area contributed by atoms with Gasteiger partial charge < -0.3 is 14.8 Å². The molecule has 0 bridgehead atoms. The molecule has 0 unspecified atom stereocenters. The summed E-state index contributed by atoms with van der Waals surface area (Å²) >= 11 is 13.5. The first-order valence-electron chi connectivity index (χ1n) is 7.66. The summed E-state index contributed by atoms with van der Waals surface area (Å²) in [5.41, 5.74) is 1.50. The number of para-hydroxylation sites is 1. The molecule has 3 aromatic rings. The van der Waals surface area contributed by atoms with Gasteiger partial charge in [-0.1, -0.05) is 35.3 Å². The third-order valence-corrected chi connectivity index (χ3v) is 5.10. The quantitative estimate of drug-likeness (QED) is 0.553. The van der Waals surface area contributed by atoms with Crippen LogP contribution in [-0.2, 0) is 6.61 Å². The average Bonchev–Trinajstić information content (AvgIpc) is 3.10. The molecule has 7 heteroatoms. The summed E-state index contributed by atoms with van der Waals surface area (Å²) in [7, 11) is 1.54. The zero-order valence-corrected chi connectivity index (χ0v) is 16.1. The van der Waals surface area contributed by atoms with Crippen LogP contribution in [0.5, 0.6) is 11.5 Å². The van der Waals surface area contributed by atoms with Gasteiger partial charge in [0, 0.05) is 11.3 Å². The second-order valence-corrected chi connectivity index (χ2v) is 7.07. The van der Waals surface area contributed by atoms with E-state index in [1.807, 2.05) is 17.5 Å². The number of hydrogen-bond acceptors (Lipinski definition) is 4. The summed E-state index contributed by atoms with van der Waals surface area (Å²) in [5, 5.41) is 5.69. The van der Waals surface area contributed by atoms with E-state index in [1.165, 1.54) is 18.4 Å². The zero-order valence-electron chi connectivity index (χ0n) is 13.8. The molecule has 0 spiro atoms.